The van der Waals surface area contributed by atoms with Crippen molar-refractivity contribution < 1.29 is 9.47 Å². The molecule has 0 amide bonds. The molecule has 0 radical (unpaired) electrons. The van der Waals surface area contributed by atoms with Crippen molar-refractivity contribution in [3.63, 3.8) is 0 Å². The lowest BCUT2D eigenvalue weighted by molar-refractivity contribution is -0.108. The SMILES string of the molecule is c1ccc(COC[C@H]2CCC[C@@]23CNCCO3)nc1. The monoisotopic (exact) mass is 262 g/mol. The lowest BCUT2D eigenvalue weighted by Crippen LogP contribution is -2.52. The van der Waals surface area contributed by atoms with Crippen LogP contribution in [0.1, 0.15) is 25.0 Å². The molecule has 4 nitrogen and oxygen atoms in total. The van der Waals surface area contributed by atoms with Crippen molar-refractivity contribution in [1.82, 2.24) is 10.3 Å². The van der Waals surface area contributed by atoms with E-state index in [9.17, 15) is 0 Å². The minimum Gasteiger partial charge on any atom is -0.375 e. The van der Waals surface area contributed by atoms with Gasteiger partial charge in [-0.05, 0) is 25.0 Å². The minimum absolute atomic E-state index is 0.0301. The molecule has 1 saturated heterocycles. The average Bonchev–Trinajstić information content (AvgIpc) is 2.83. The summed E-state index contributed by atoms with van der Waals surface area (Å²) in [5, 5.41) is 3.46. The molecule has 1 aromatic rings. The Bertz CT molecular complexity index is 390. The molecule has 2 atom stereocenters. The molecule has 1 spiro atoms. The predicted octanol–water partition coefficient (Wildman–Crippen LogP) is 1.76. The Hall–Kier alpha value is -0.970. The second-order valence-corrected chi connectivity index (χ2v) is 5.52. The van der Waals surface area contributed by atoms with Crippen LogP contribution in [0.3, 0.4) is 0 Å². The van der Waals surface area contributed by atoms with Crippen LogP contribution in [0.5, 0.6) is 0 Å². The Kier molecular flexibility index (Phi) is 4.11. The van der Waals surface area contributed by atoms with E-state index in [0.29, 0.717) is 12.5 Å². The highest BCUT2D eigenvalue weighted by Crippen LogP contribution is 2.39. The summed E-state index contributed by atoms with van der Waals surface area (Å²) >= 11 is 0. The summed E-state index contributed by atoms with van der Waals surface area (Å²) in [4.78, 5) is 4.28. The van der Waals surface area contributed by atoms with E-state index in [2.05, 4.69) is 10.3 Å². The van der Waals surface area contributed by atoms with Gasteiger partial charge in [-0.3, -0.25) is 4.98 Å². The van der Waals surface area contributed by atoms with E-state index in [1.807, 2.05) is 24.4 Å². The van der Waals surface area contributed by atoms with Gasteiger partial charge in [-0.25, -0.2) is 0 Å². The Labute approximate surface area is 114 Å². The van der Waals surface area contributed by atoms with E-state index in [1.165, 1.54) is 12.8 Å². The molecule has 2 aliphatic rings. The van der Waals surface area contributed by atoms with Gasteiger partial charge in [0.1, 0.15) is 0 Å². The van der Waals surface area contributed by atoms with E-state index in [0.717, 1.165) is 38.4 Å². The molecule has 0 aromatic carbocycles. The molecule has 1 saturated carbocycles. The van der Waals surface area contributed by atoms with Crippen LogP contribution in [0.4, 0.5) is 0 Å². The average molecular weight is 262 g/mol. The number of hydrogen-bond donors (Lipinski definition) is 1. The molecule has 1 N–H and O–H groups in total. The standard InChI is InChI=1S/C15H22N2O2/c1-2-7-17-14(5-1)11-18-10-13-4-3-6-15(13)12-16-8-9-19-15/h1-2,5,7,13,16H,3-4,6,8-12H2/t13-,15-/m1/s1. The molecule has 1 aromatic heterocycles. The lowest BCUT2D eigenvalue weighted by Gasteiger charge is -2.39. The minimum atomic E-state index is 0.0301. The lowest BCUT2D eigenvalue weighted by atomic mass is 9.90. The summed E-state index contributed by atoms with van der Waals surface area (Å²) in [6.45, 7) is 4.16. The number of morpholine rings is 1. The second-order valence-electron chi connectivity index (χ2n) is 5.52. The first-order valence-electron chi connectivity index (χ1n) is 7.21. The maximum atomic E-state index is 6.08. The Morgan fingerprint density at radius 2 is 2.47 bits per heavy atom. The van der Waals surface area contributed by atoms with E-state index in [1.54, 1.807) is 0 Å². The third kappa shape index (κ3) is 2.96. The van der Waals surface area contributed by atoms with Gasteiger partial charge in [0, 0.05) is 25.2 Å². The summed E-state index contributed by atoms with van der Waals surface area (Å²) in [5.74, 6) is 0.518. The number of nitrogens with one attached hydrogen (secondary N) is 1. The van der Waals surface area contributed by atoms with Gasteiger partial charge in [0.25, 0.3) is 0 Å². The van der Waals surface area contributed by atoms with E-state index < -0.39 is 0 Å². The predicted molar refractivity (Wildman–Crippen MR) is 72.8 cm³/mol. The first-order valence-corrected chi connectivity index (χ1v) is 7.21. The molecule has 19 heavy (non-hydrogen) atoms. The summed E-state index contributed by atoms with van der Waals surface area (Å²) in [6.07, 6.45) is 5.44. The summed E-state index contributed by atoms with van der Waals surface area (Å²) in [6, 6.07) is 5.93. The molecule has 104 valence electrons. The Morgan fingerprint density at radius 1 is 1.47 bits per heavy atom. The Balaban J connectivity index is 1.51. The first-order chi connectivity index (χ1) is 9.39. The van der Waals surface area contributed by atoms with Crippen molar-refractivity contribution in [1.29, 1.82) is 0 Å². The Morgan fingerprint density at radius 3 is 3.26 bits per heavy atom. The fourth-order valence-corrected chi connectivity index (χ4v) is 3.24. The molecule has 1 aliphatic carbocycles. The van der Waals surface area contributed by atoms with Gasteiger partial charge in [-0.2, -0.15) is 0 Å². The van der Waals surface area contributed by atoms with E-state index in [-0.39, 0.29) is 5.60 Å². The van der Waals surface area contributed by atoms with E-state index >= 15 is 0 Å². The van der Waals surface area contributed by atoms with Crippen LogP contribution in [-0.4, -0.2) is 36.9 Å². The molecule has 2 fully saturated rings. The highest BCUT2D eigenvalue weighted by atomic mass is 16.5. The highest BCUT2D eigenvalue weighted by molar-refractivity contribution is 5.02. The fraction of sp³-hybridized carbons (Fsp3) is 0.667. The van der Waals surface area contributed by atoms with Gasteiger partial charge in [-0.1, -0.05) is 12.5 Å². The normalized spacial score (nSPS) is 30.8. The zero-order valence-electron chi connectivity index (χ0n) is 11.3. The zero-order valence-corrected chi connectivity index (χ0v) is 11.3. The number of aromatic nitrogens is 1. The van der Waals surface area contributed by atoms with Crippen molar-refractivity contribution in [2.75, 3.05) is 26.3 Å². The van der Waals surface area contributed by atoms with Crippen LogP contribution < -0.4 is 5.32 Å². The molecular weight excluding hydrogens is 240 g/mol. The van der Waals surface area contributed by atoms with Crippen LogP contribution in [0.25, 0.3) is 0 Å². The number of ether oxygens (including phenoxy) is 2. The molecule has 1 aliphatic heterocycles. The van der Waals surface area contributed by atoms with Crippen LogP contribution >= 0.6 is 0 Å². The van der Waals surface area contributed by atoms with E-state index in [4.69, 9.17) is 9.47 Å². The molecule has 0 bridgehead atoms. The smallest absolute Gasteiger partial charge is 0.0887 e. The van der Waals surface area contributed by atoms with Crippen molar-refractivity contribution in [2.24, 2.45) is 5.92 Å². The van der Waals surface area contributed by atoms with Gasteiger partial charge in [0.05, 0.1) is 31.1 Å². The number of pyridine rings is 1. The number of rotatable bonds is 4. The quantitative estimate of drug-likeness (QED) is 0.898. The van der Waals surface area contributed by atoms with Crippen LogP contribution in [0.15, 0.2) is 24.4 Å². The van der Waals surface area contributed by atoms with Gasteiger partial charge in [0.15, 0.2) is 0 Å². The fourth-order valence-electron chi connectivity index (χ4n) is 3.24. The number of nitrogens with zero attached hydrogens (tertiary/aromatic N) is 1. The summed E-state index contributed by atoms with van der Waals surface area (Å²) < 4.78 is 11.9. The molecule has 0 unspecified atom stereocenters. The van der Waals surface area contributed by atoms with Crippen LogP contribution in [0, 0.1) is 5.92 Å². The third-order valence-corrected chi connectivity index (χ3v) is 4.28. The maximum absolute atomic E-state index is 6.08. The topological polar surface area (TPSA) is 43.4 Å². The van der Waals surface area contributed by atoms with Gasteiger partial charge in [0.2, 0.25) is 0 Å². The van der Waals surface area contributed by atoms with Crippen molar-refractivity contribution in [3.8, 4) is 0 Å². The van der Waals surface area contributed by atoms with Crippen LogP contribution in [0.2, 0.25) is 0 Å². The number of hydrogen-bond acceptors (Lipinski definition) is 4. The van der Waals surface area contributed by atoms with Crippen molar-refractivity contribution in [3.05, 3.63) is 30.1 Å². The molecule has 2 heterocycles. The summed E-state index contributed by atoms with van der Waals surface area (Å²) in [7, 11) is 0. The maximum Gasteiger partial charge on any atom is 0.0887 e. The molecule has 3 rings (SSSR count). The third-order valence-electron chi connectivity index (χ3n) is 4.28. The first kappa shape index (κ1) is 13.0. The largest absolute Gasteiger partial charge is 0.375 e. The van der Waals surface area contributed by atoms with Gasteiger partial charge < -0.3 is 14.8 Å². The van der Waals surface area contributed by atoms with Crippen molar-refractivity contribution in [2.45, 2.75) is 31.5 Å². The molecule has 4 heteroatoms. The zero-order chi connectivity index (χ0) is 13.0. The van der Waals surface area contributed by atoms with Gasteiger partial charge >= 0.3 is 0 Å². The van der Waals surface area contributed by atoms with Crippen LogP contribution in [-0.2, 0) is 16.1 Å². The molecular formula is C15H22N2O2. The second kappa shape index (κ2) is 5.99. The summed E-state index contributed by atoms with van der Waals surface area (Å²) in [5.41, 5.74) is 1.03. The van der Waals surface area contributed by atoms with Gasteiger partial charge in [-0.15, -0.1) is 0 Å². The highest BCUT2D eigenvalue weighted by Gasteiger charge is 2.44. The van der Waals surface area contributed by atoms with Crippen molar-refractivity contribution >= 4 is 0 Å².